The molecule has 0 unspecified atom stereocenters. The smallest absolute Gasteiger partial charge is 0.162 e. The zero-order valence-electron chi connectivity index (χ0n) is 10.9. The largest absolute Gasteiger partial charge is 0.457 e. The predicted molar refractivity (Wildman–Crippen MR) is 70.2 cm³/mol. The molecule has 1 N–H and O–H groups in total. The zero-order chi connectivity index (χ0) is 14.5. The molecule has 0 atom stereocenters. The van der Waals surface area contributed by atoms with E-state index in [1.165, 1.54) is 18.2 Å². The molecule has 2 aromatic carbocycles. The van der Waals surface area contributed by atoms with Gasteiger partial charge >= 0.3 is 0 Å². The minimum Gasteiger partial charge on any atom is -0.457 e. The number of ether oxygens (including phenoxy) is 1. The van der Waals surface area contributed by atoms with Crippen LogP contribution >= 0.6 is 0 Å². The van der Waals surface area contributed by atoms with Crippen molar-refractivity contribution in [2.45, 2.75) is 13.5 Å². The summed E-state index contributed by atoms with van der Waals surface area (Å²) >= 11 is 0. The third-order valence-corrected chi connectivity index (χ3v) is 2.75. The summed E-state index contributed by atoms with van der Waals surface area (Å²) in [4.78, 5) is 0. The van der Waals surface area contributed by atoms with Crippen molar-refractivity contribution >= 4 is 0 Å². The molecule has 20 heavy (non-hydrogen) atoms. The Hall–Kier alpha value is -2.01. The Balaban J connectivity index is 2.28. The van der Waals surface area contributed by atoms with Crippen LogP contribution in [0.3, 0.4) is 0 Å². The van der Waals surface area contributed by atoms with Crippen LogP contribution in [0.15, 0.2) is 36.4 Å². The summed E-state index contributed by atoms with van der Waals surface area (Å²) in [5.74, 6) is -1.98. The standard InChI is InChI=1S/C15H14F3NO/c1-2-19-9-11-12(16)4-3-5-15(11)20-10-6-7-13(17)14(18)8-10/h3-8,19H,2,9H2,1H3. The Morgan fingerprint density at radius 3 is 2.50 bits per heavy atom. The Labute approximate surface area is 115 Å². The molecule has 0 aliphatic rings. The van der Waals surface area contributed by atoms with Crippen LogP contribution in [0.5, 0.6) is 11.5 Å². The molecular formula is C15H14F3NO. The van der Waals surface area contributed by atoms with Gasteiger partial charge in [-0.15, -0.1) is 0 Å². The van der Waals surface area contributed by atoms with E-state index >= 15 is 0 Å². The maximum atomic E-state index is 13.8. The van der Waals surface area contributed by atoms with Crippen LogP contribution in [0.25, 0.3) is 0 Å². The fraction of sp³-hybridized carbons (Fsp3) is 0.200. The molecule has 0 radical (unpaired) electrons. The molecule has 2 rings (SSSR count). The molecule has 106 valence electrons. The highest BCUT2D eigenvalue weighted by Gasteiger charge is 2.11. The van der Waals surface area contributed by atoms with Gasteiger partial charge in [-0.25, -0.2) is 13.2 Å². The van der Waals surface area contributed by atoms with Gasteiger partial charge in [-0.2, -0.15) is 0 Å². The lowest BCUT2D eigenvalue weighted by atomic mass is 10.2. The van der Waals surface area contributed by atoms with Crippen molar-refractivity contribution in [1.29, 1.82) is 0 Å². The Morgan fingerprint density at radius 1 is 1.00 bits per heavy atom. The average molecular weight is 281 g/mol. The highest BCUT2D eigenvalue weighted by molar-refractivity contribution is 5.39. The molecule has 0 saturated carbocycles. The highest BCUT2D eigenvalue weighted by Crippen LogP contribution is 2.28. The molecule has 0 aromatic heterocycles. The molecule has 0 heterocycles. The molecule has 2 nitrogen and oxygen atoms in total. The van der Waals surface area contributed by atoms with Gasteiger partial charge in [0.2, 0.25) is 0 Å². The van der Waals surface area contributed by atoms with Crippen LogP contribution < -0.4 is 10.1 Å². The average Bonchev–Trinajstić information content (AvgIpc) is 2.42. The van der Waals surface area contributed by atoms with Crippen LogP contribution in [-0.2, 0) is 6.54 Å². The van der Waals surface area contributed by atoms with E-state index in [0.29, 0.717) is 18.7 Å². The number of benzene rings is 2. The van der Waals surface area contributed by atoms with Crippen LogP contribution in [0, 0.1) is 17.5 Å². The zero-order valence-corrected chi connectivity index (χ0v) is 10.9. The van der Waals surface area contributed by atoms with Crippen molar-refractivity contribution in [3.63, 3.8) is 0 Å². The first kappa shape index (κ1) is 14.4. The quantitative estimate of drug-likeness (QED) is 0.894. The number of nitrogens with one attached hydrogen (secondary N) is 1. The maximum absolute atomic E-state index is 13.8. The topological polar surface area (TPSA) is 21.3 Å². The van der Waals surface area contributed by atoms with E-state index in [4.69, 9.17) is 4.74 Å². The van der Waals surface area contributed by atoms with E-state index in [-0.39, 0.29) is 11.5 Å². The molecule has 0 saturated heterocycles. The molecule has 0 aliphatic carbocycles. The van der Waals surface area contributed by atoms with Gasteiger partial charge in [0.25, 0.3) is 0 Å². The minimum absolute atomic E-state index is 0.118. The maximum Gasteiger partial charge on any atom is 0.162 e. The number of hydrogen-bond donors (Lipinski definition) is 1. The van der Waals surface area contributed by atoms with Crippen molar-refractivity contribution in [2.75, 3.05) is 6.54 Å². The Kier molecular flexibility index (Phi) is 4.63. The molecule has 0 aliphatic heterocycles. The van der Waals surface area contributed by atoms with Gasteiger partial charge in [-0.3, -0.25) is 0 Å². The normalized spacial score (nSPS) is 10.6. The first-order chi connectivity index (χ1) is 9.61. The highest BCUT2D eigenvalue weighted by atomic mass is 19.2. The van der Waals surface area contributed by atoms with Gasteiger partial charge in [0.05, 0.1) is 0 Å². The molecule has 0 fully saturated rings. The molecule has 0 spiro atoms. The van der Waals surface area contributed by atoms with Gasteiger partial charge in [0.1, 0.15) is 17.3 Å². The lowest BCUT2D eigenvalue weighted by molar-refractivity contribution is 0.448. The molecule has 0 bridgehead atoms. The lowest BCUT2D eigenvalue weighted by Gasteiger charge is -2.12. The predicted octanol–water partition coefficient (Wildman–Crippen LogP) is 4.01. The second-order valence-corrected chi connectivity index (χ2v) is 4.17. The first-order valence-electron chi connectivity index (χ1n) is 6.23. The fourth-order valence-corrected chi connectivity index (χ4v) is 1.72. The summed E-state index contributed by atoms with van der Waals surface area (Å²) in [6.07, 6.45) is 0. The van der Waals surface area contributed by atoms with Gasteiger partial charge in [0, 0.05) is 18.2 Å². The second-order valence-electron chi connectivity index (χ2n) is 4.17. The summed E-state index contributed by atoms with van der Waals surface area (Å²) < 4.78 is 45.2. The number of hydrogen-bond acceptors (Lipinski definition) is 2. The van der Waals surface area contributed by atoms with Crippen LogP contribution in [0.4, 0.5) is 13.2 Å². The summed E-state index contributed by atoms with van der Waals surface area (Å²) in [7, 11) is 0. The summed E-state index contributed by atoms with van der Waals surface area (Å²) in [6.45, 7) is 2.87. The molecular weight excluding hydrogens is 267 g/mol. The summed E-state index contributed by atoms with van der Waals surface area (Å²) in [5, 5.41) is 3.00. The van der Waals surface area contributed by atoms with E-state index < -0.39 is 17.5 Å². The first-order valence-corrected chi connectivity index (χ1v) is 6.23. The van der Waals surface area contributed by atoms with Crippen LogP contribution in [0.1, 0.15) is 12.5 Å². The van der Waals surface area contributed by atoms with Gasteiger partial charge in [-0.05, 0) is 30.8 Å². The van der Waals surface area contributed by atoms with Crippen LogP contribution in [-0.4, -0.2) is 6.54 Å². The molecule has 0 amide bonds. The van der Waals surface area contributed by atoms with Gasteiger partial charge < -0.3 is 10.1 Å². The van der Waals surface area contributed by atoms with Crippen molar-refractivity contribution in [3.8, 4) is 11.5 Å². The van der Waals surface area contributed by atoms with Gasteiger partial charge in [-0.1, -0.05) is 13.0 Å². The van der Waals surface area contributed by atoms with Crippen LogP contribution in [0.2, 0.25) is 0 Å². The third-order valence-electron chi connectivity index (χ3n) is 2.75. The lowest BCUT2D eigenvalue weighted by Crippen LogP contribution is -2.13. The van der Waals surface area contributed by atoms with E-state index in [1.54, 1.807) is 6.07 Å². The van der Waals surface area contributed by atoms with Gasteiger partial charge in [0.15, 0.2) is 11.6 Å². The van der Waals surface area contributed by atoms with Crippen molar-refractivity contribution in [2.24, 2.45) is 0 Å². The summed E-state index contributed by atoms with van der Waals surface area (Å²) in [5.41, 5.74) is 0.346. The number of rotatable bonds is 5. The molecule has 5 heteroatoms. The van der Waals surface area contributed by atoms with Crippen molar-refractivity contribution in [1.82, 2.24) is 5.32 Å². The van der Waals surface area contributed by atoms with Crippen molar-refractivity contribution < 1.29 is 17.9 Å². The van der Waals surface area contributed by atoms with E-state index in [0.717, 1.165) is 12.1 Å². The Bertz CT molecular complexity index is 602. The third kappa shape index (κ3) is 3.30. The summed E-state index contributed by atoms with van der Waals surface area (Å²) in [6, 6.07) is 7.59. The van der Waals surface area contributed by atoms with E-state index in [9.17, 15) is 13.2 Å². The number of halogens is 3. The fourth-order valence-electron chi connectivity index (χ4n) is 1.72. The van der Waals surface area contributed by atoms with E-state index in [1.807, 2.05) is 6.92 Å². The second kappa shape index (κ2) is 6.43. The molecule has 2 aromatic rings. The van der Waals surface area contributed by atoms with E-state index in [2.05, 4.69) is 5.32 Å². The Morgan fingerprint density at radius 2 is 1.80 bits per heavy atom. The van der Waals surface area contributed by atoms with Crippen molar-refractivity contribution in [3.05, 3.63) is 59.4 Å². The monoisotopic (exact) mass is 281 g/mol. The SMILES string of the molecule is CCNCc1c(F)cccc1Oc1ccc(F)c(F)c1. The minimum atomic E-state index is -1.01.